The van der Waals surface area contributed by atoms with Crippen molar-refractivity contribution in [3.8, 4) is 0 Å². The second kappa shape index (κ2) is 9.89. The Hall–Kier alpha value is -3.33. The maximum absolute atomic E-state index is 14.0. The Bertz CT molecular complexity index is 1160. The van der Waals surface area contributed by atoms with Crippen molar-refractivity contribution in [2.45, 2.75) is 25.3 Å². The van der Waals surface area contributed by atoms with Crippen molar-refractivity contribution >= 4 is 29.1 Å². The number of nitrogens with zero attached hydrogens (tertiary/aromatic N) is 5. The van der Waals surface area contributed by atoms with E-state index in [0.29, 0.717) is 38.7 Å². The van der Waals surface area contributed by atoms with Crippen LogP contribution in [0.2, 0.25) is 0 Å². The summed E-state index contributed by atoms with van der Waals surface area (Å²) in [5, 5.41) is 2.02. The number of anilines is 1. The molecule has 0 spiro atoms. The van der Waals surface area contributed by atoms with E-state index in [4.69, 9.17) is 0 Å². The van der Waals surface area contributed by atoms with Crippen LogP contribution in [-0.2, 0) is 16.0 Å². The minimum atomic E-state index is -0.317. The smallest absolute Gasteiger partial charge is 0.225 e. The largest absolute Gasteiger partial charge is 0.339 e. The molecule has 1 aromatic carbocycles. The molecule has 2 amide bonds. The quantitative estimate of drug-likeness (QED) is 0.562. The van der Waals surface area contributed by atoms with Gasteiger partial charge in [-0.3, -0.25) is 9.59 Å². The number of rotatable bonds is 5. The van der Waals surface area contributed by atoms with Crippen LogP contribution in [0.5, 0.6) is 0 Å². The molecular weight excluding hydrogens is 453 g/mol. The predicted octanol–water partition coefficient (Wildman–Crippen LogP) is 3.28. The molecule has 1 fully saturated rings. The summed E-state index contributed by atoms with van der Waals surface area (Å²) in [7, 11) is 0. The molecule has 1 atom stereocenters. The minimum absolute atomic E-state index is 0.0162. The molecule has 2 aliphatic rings. The third kappa shape index (κ3) is 4.65. The van der Waals surface area contributed by atoms with Gasteiger partial charge in [-0.25, -0.2) is 14.4 Å². The standard InChI is InChI=1S/C25H26FN5O2S/c26-19-4-1-3-18(17-19)24-20-8-16-34-21(20)7-11-31(24)23(33)6-5-22(32)29-12-14-30(15-13-29)25-27-9-2-10-28-25/h1-4,8-10,16-17,24H,5-7,11-15H2. The fraction of sp³-hybridized carbons (Fsp3) is 0.360. The molecule has 0 bridgehead atoms. The van der Waals surface area contributed by atoms with Gasteiger partial charge >= 0.3 is 0 Å². The second-order valence-electron chi connectivity index (χ2n) is 8.51. The van der Waals surface area contributed by atoms with Crippen molar-refractivity contribution in [1.82, 2.24) is 19.8 Å². The molecule has 0 radical (unpaired) electrons. The zero-order valence-electron chi connectivity index (χ0n) is 18.8. The molecule has 7 nitrogen and oxygen atoms in total. The Morgan fingerprint density at radius 1 is 0.971 bits per heavy atom. The number of amides is 2. The van der Waals surface area contributed by atoms with Gasteiger partial charge in [0, 0.05) is 62.8 Å². The van der Waals surface area contributed by atoms with Crippen LogP contribution in [-0.4, -0.2) is 64.3 Å². The lowest BCUT2D eigenvalue weighted by atomic mass is 9.92. The van der Waals surface area contributed by atoms with Gasteiger partial charge < -0.3 is 14.7 Å². The number of benzene rings is 1. The molecule has 1 saturated heterocycles. The molecule has 9 heteroatoms. The Morgan fingerprint density at radius 3 is 2.50 bits per heavy atom. The van der Waals surface area contributed by atoms with Crippen LogP contribution in [0.15, 0.2) is 54.2 Å². The molecule has 0 aliphatic carbocycles. The van der Waals surface area contributed by atoms with Crippen molar-refractivity contribution in [2.75, 3.05) is 37.6 Å². The first-order valence-corrected chi connectivity index (χ1v) is 12.4. The summed E-state index contributed by atoms with van der Waals surface area (Å²) < 4.78 is 14.0. The van der Waals surface area contributed by atoms with E-state index in [1.54, 1.807) is 35.9 Å². The van der Waals surface area contributed by atoms with Gasteiger partial charge in [0.1, 0.15) is 5.82 Å². The van der Waals surface area contributed by atoms with Crippen LogP contribution < -0.4 is 4.90 Å². The summed E-state index contributed by atoms with van der Waals surface area (Å²) in [6.45, 7) is 3.06. The highest BCUT2D eigenvalue weighted by atomic mass is 32.1. The topological polar surface area (TPSA) is 69.6 Å². The number of halogens is 1. The predicted molar refractivity (Wildman–Crippen MR) is 128 cm³/mol. The lowest BCUT2D eigenvalue weighted by Crippen LogP contribution is -2.49. The van der Waals surface area contributed by atoms with Crippen molar-refractivity contribution in [1.29, 1.82) is 0 Å². The molecular formula is C25H26FN5O2S. The average molecular weight is 480 g/mol. The fourth-order valence-corrected chi connectivity index (χ4v) is 5.65. The molecule has 2 aromatic heterocycles. The van der Waals surface area contributed by atoms with E-state index in [-0.39, 0.29) is 36.5 Å². The van der Waals surface area contributed by atoms with Crippen LogP contribution in [0.1, 0.15) is 34.9 Å². The fourth-order valence-electron chi connectivity index (χ4n) is 4.75. The van der Waals surface area contributed by atoms with Crippen LogP contribution in [0, 0.1) is 5.82 Å². The average Bonchev–Trinajstić information content (AvgIpc) is 3.36. The zero-order chi connectivity index (χ0) is 23.5. The Morgan fingerprint density at radius 2 is 1.74 bits per heavy atom. The number of hydrogen-bond acceptors (Lipinski definition) is 6. The molecule has 5 rings (SSSR count). The van der Waals surface area contributed by atoms with E-state index in [1.165, 1.54) is 17.0 Å². The number of carbonyl (C=O) groups excluding carboxylic acids is 2. The number of hydrogen-bond donors (Lipinski definition) is 0. The first-order valence-electron chi connectivity index (χ1n) is 11.5. The number of piperazine rings is 1. The Labute approximate surface area is 201 Å². The Kier molecular flexibility index (Phi) is 6.53. The first kappa shape index (κ1) is 22.5. The van der Waals surface area contributed by atoms with E-state index in [1.807, 2.05) is 27.3 Å². The number of aromatic nitrogens is 2. The highest BCUT2D eigenvalue weighted by Crippen LogP contribution is 2.38. The normalized spacial score (nSPS) is 18.0. The summed E-state index contributed by atoms with van der Waals surface area (Å²) in [4.78, 5) is 41.6. The number of carbonyl (C=O) groups is 2. The first-order chi connectivity index (χ1) is 16.6. The van der Waals surface area contributed by atoms with Gasteiger partial charge in [-0.05, 0) is 47.2 Å². The van der Waals surface area contributed by atoms with Gasteiger partial charge in [-0.2, -0.15) is 0 Å². The van der Waals surface area contributed by atoms with Crippen LogP contribution >= 0.6 is 11.3 Å². The maximum Gasteiger partial charge on any atom is 0.225 e. The third-order valence-corrected chi connectivity index (χ3v) is 7.47. The summed E-state index contributed by atoms with van der Waals surface area (Å²) in [6, 6.07) is 9.94. The van der Waals surface area contributed by atoms with Crippen molar-refractivity contribution in [2.24, 2.45) is 0 Å². The van der Waals surface area contributed by atoms with E-state index in [9.17, 15) is 14.0 Å². The lowest BCUT2D eigenvalue weighted by molar-refractivity contribution is -0.138. The van der Waals surface area contributed by atoms with Crippen molar-refractivity contribution in [3.63, 3.8) is 0 Å². The van der Waals surface area contributed by atoms with Crippen LogP contribution in [0.25, 0.3) is 0 Å². The lowest BCUT2D eigenvalue weighted by Gasteiger charge is -2.37. The van der Waals surface area contributed by atoms with E-state index in [2.05, 4.69) is 14.9 Å². The van der Waals surface area contributed by atoms with Gasteiger partial charge in [0.25, 0.3) is 0 Å². The molecule has 3 aromatic rings. The molecule has 2 aliphatic heterocycles. The SMILES string of the molecule is O=C(CCC(=O)N1CCc2sccc2C1c1cccc(F)c1)N1CCN(c2ncccn2)CC1. The molecule has 0 N–H and O–H groups in total. The van der Waals surface area contributed by atoms with Crippen molar-refractivity contribution in [3.05, 3.63) is 76.0 Å². The Balaban J connectivity index is 1.21. The highest BCUT2D eigenvalue weighted by Gasteiger charge is 2.33. The highest BCUT2D eigenvalue weighted by molar-refractivity contribution is 7.10. The van der Waals surface area contributed by atoms with Crippen LogP contribution in [0.4, 0.5) is 10.3 Å². The van der Waals surface area contributed by atoms with Gasteiger partial charge in [0.15, 0.2) is 0 Å². The van der Waals surface area contributed by atoms with Crippen molar-refractivity contribution < 1.29 is 14.0 Å². The summed E-state index contributed by atoms with van der Waals surface area (Å²) in [5.74, 6) is 0.266. The van der Waals surface area contributed by atoms with Crippen LogP contribution in [0.3, 0.4) is 0 Å². The van der Waals surface area contributed by atoms with Gasteiger partial charge in [-0.1, -0.05) is 12.1 Å². The number of fused-ring (bicyclic) bond motifs is 1. The van der Waals surface area contributed by atoms with E-state index < -0.39 is 0 Å². The number of thiophene rings is 1. The molecule has 0 saturated carbocycles. The van der Waals surface area contributed by atoms with Gasteiger partial charge in [0.05, 0.1) is 6.04 Å². The summed E-state index contributed by atoms with van der Waals surface area (Å²) in [5.41, 5.74) is 1.82. The van der Waals surface area contributed by atoms with E-state index >= 15 is 0 Å². The monoisotopic (exact) mass is 479 g/mol. The molecule has 176 valence electrons. The maximum atomic E-state index is 14.0. The van der Waals surface area contributed by atoms with E-state index in [0.717, 1.165) is 17.5 Å². The van der Waals surface area contributed by atoms with Gasteiger partial charge in [-0.15, -0.1) is 11.3 Å². The second-order valence-corrected chi connectivity index (χ2v) is 9.51. The molecule has 34 heavy (non-hydrogen) atoms. The summed E-state index contributed by atoms with van der Waals surface area (Å²) >= 11 is 1.67. The summed E-state index contributed by atoms with van der Waals surface area (Å²) in [6.07, 6.45) is 4.52. The van der Waals surface area contributed by atoms with Gasteiger partial charge in [0.2, 0.25) is 17.8 Å². The molecule has 1 unspecified atom stereocenters. The zero-order valence-corrected chi connectivity index (χ0v) is 19.6. The molecule has 4 heterocycles. The minimum Gasteiger partial charge on any atom is -0.339 e. The third-order valence-electron chi connectivity index (χ3n) is 6.47.